The fourth-order valence-corrected chi connectivity index (χ4v) is 11.1. The molecule has 0 aromatic carbocycles. The van der Waals surface area contributed by atoms with Crippen LogP contribution in [0.15, 0.2) is 0 Å². The lowest BCUT2D eigenvalue weighted by atomic mass is 9.80. The number of alkyl halides is 2. The molecule has 0 spiro atoms. The highest BCUT2D eigenvalue weighted by molar-refractivity contribution is 6.03. The van der Waals surface area contributed by atoms with E-state index in [-0.39, 0.29) is 47.8 Å². The number of halogens is 2. The second-order valence-electron chi connectivity index (χ2n) is 17.7. The highest BCUT2D eigenvalue weighted by Crippen LogP contribution is 2.41. The van der Waals surface area contributed by atoms with Crippen LogP contribution in [0, 0.1) is 11.8 Å². The first kappa shape index (κ1) is 39.7. The van der Waals surface area contributed by atoms with Crippen LogP contribution >= 0.6 is 0 Å². The molecule has 4 aliphatic heterocycles. The molecule has 2 amide bonds. The van der Waals surface area contributed by atoms with Gasteiger partial charge < -0.3 is 26.6 Å². The first-order valence-electron chi connectivity index (χ1n) is 22.0. The maximum Gasteiger partial charge on any atom is 0.259 e. The van der Waals surface area contributed by atoms with E-state index >= 15 is 8.78 Å². The van der Waals surface area contributed by atoms with E-state index < -0.39 is 36.4 Å². The lowest BCUT2D eigenvalue weighted by molar-refractivity contribution is -0.138. The Morgan fingerprint density at radius 3 is 1.93 bits per heavy atom. The number of piperazine rings is 1. The van der Waals surface area contributed by atoms with Gasteiger partial charge in [-0.3, -0.25) is 19.4 Å². The van der Waals surface area contributed by atoms with E-state index in [2.05, 4.69) is 30.8 Å². The van der Waals surface area contributed by atoms with Crippen molar-refractivity contribution >= 4 is 23.5 Å². The summed E-state index contributed by atoms with van der Waals surface area (Å²) in [5.41, 5.74) is 6.77. The summed E-state index contributed by atoms with van der Waals surface area (Å²) in [6.07, 6.45) is 18.9. The summed E-state index contributed by atoms with van der Waals surface area (Å²) in [6, 6.07) is -1.90. The molecule has 13 heteroatoms. The van der Waals surface area contributed by atoms with Crippen molar-refractivity contribution in [2.45, 2.75) is 165 Å². The van der Waals surface area contributed by atoms with E-state index in [4.69, 9.17) is 5.73 Å². The van der Waals surface area contributed by atoms with E-state index in [1.54, 1.807) is 4.68 Å². The van der Waals surface area contributed by atoms with Crippen LogP contribution in [0.5, 0.6) is 0 Å². The Hall–Kier alpha value is -2.51. The Labute approximate surface area is 322 Å². The van der Waals surface area contributed by atoms with Crippen LogP contribution in [-0.4, -0.2) is 126 Å². The van der Waals surface area contributed by atoms with E-state index in [0.717, 1.165) is 83.6 Å². The zero-order valence-electron chi connectivity index (χ0n) is 33.0. The SMILES string of the molecule is CN1CCC[C@H]1C(=O)N1CCN(C2C(NC(=O)c3c(N)nn4c3NCC(F)C4C3CCCCCCCCC3)CNC(C3CCCCCCCC3)C2F)CC1. The van der Waals surface area contributed by atoms with Crippen molar-refractivity contribution in [2.24, 2.45) is 11.8 Å². The molecule has 5 N–H and O–H groups in total. The number of hydrogen-bond acceptors (Lipinski definition) is 8. The average Bonchev–Trinajstić information content (AvgIpc) is 3.79. The minimum atomic E-state index is -1.20. The summed E-state index contributed by atoms with van der Waals surface area (Å²) in [5, 5.41) is 14.6. The number of carbonyl (C=O) groups excluding carboxylic acids is 2. The van der Waals surface area contributed by atoms with Gasteiger partial charge in [0.25, 0.3) is 5.91 Å². The maximum absolute atomic E-state index is 17.3. The van der Waals surface area contributed by atoms with Crippen molar-refractivity contribution in [1.29, 1.82) is 0 Å². The standard InChI is InChI=1S/C41H69F2N9O2/c1-49-21-15-20-32(49)41(54)51-24-22-50(23-25-51)37-31(27-45-35(34(37)43)28-16-11-7-5-6-8-12-17-28)47-40(53)33-38(44)48-52-36(30(42)26-46-39(33)52)29-18-13-9-3-2-4-10-14-19-29/h28-32,34-37,45-46H,2-27H2,1H3,(H2,44,48)(H,47,53)/t30?,31?,32-,34?,35?,36?,37?/m0/s1. The molecule has 304 valence electrons. The van der Waals surface area contributed by atoms with E-state index in [0.29, 0.717) is 38.5 Å². The normalized spacial score (nSPS) is 33.5. The molecule has 6 aliphatic rings. The van der Waals surface area contributed by atoms with Gasteiger partial charge in [-0.1, -0.05) is 83.5 Å². The Bertz CT molecular complexity index is 1370. The quantitative estimate of drug-likeness (QED) is 0.293. The molecule has 7 atom stereocenters. The van der Waals surface area contributed by atoms with Crippen LogP contribution in [0.2, 0.25) is 0 Å². The number of fused-ring (bicyclic) bond motifs is 1. The first-order chi connectivity index (χ1) is 26.3. The second kappa shape index (κ2) is 18.6. The lowest BCUT2D eigenvalue weighted by Gasteiger charge is -2.49. The van der Waals surface area contributed by atoms with Crippen molar-refractivity contribution in [3.05, 3.63) is 5.56 Å². The van der Waals surface area contributed by atoms with E-state index in [1.165, 1.54) is 44.9 Å². The summed E-state index contributed by atoms with van der Waals surface area (Å²) in [5.74, 6) is 0.712. The van der Waals surface area contributed by atoms with Gasteiger partial charge in [0.2, 0.25) is 5.91 Å². The predicted molar refractivity (Wildman–Crippen MR) is 210 cm³/mol. The fraction of sp³-hybridized carbons (Fsp3) is 0.878. The molecule has 2 saturated carbocycles. The zero-order valence-corrected chi connectivity index (χ0v) is 33.0. The molecule has 0 radical (unpaired) electrons. The van der Waals surface area contributed by atoms with Gasteiger partial charge >= 0.3 is 0 Å². The van der Waals surface area contributed by atoms with Gasteiger partial charge in [0.15, 0.2) is 5.82 Å². The summed E-state index contributed by atoms with van der Waals surface area (Å²) < 4.78 is 34.9. The first-order valence-corrected chi connectivity index (χ1v) is 22.0. The summed E-state index contributed by atoms with van der Waals surface area (Å²) in [7, 11) is 2.02. The zero-order chi connectivity index (χ0) is 37.6. The van der Waals surface area contributed by atoms with Gasteiger partial charge in [-0.25, -0.2) is 13.5 Å². The van der Waals surface area contributed by atoms with Crippen molar-refractivity contribution in [1.82, 2.24) is 35.1 Å². The lowest BCUT2D eigenvalue weighted by Crippen LogP contribution is -2.71. The second-order valence-corrected chi connectivity index (χ2v) is 17.7. The number of likely N-dealkylation sites (N-methyl/N-ethyl adjacent to an activating group) is 1. The maximum atomic E-state index is 17.3. The Morgan fingerprint density at radius 2 is 1.33 bits per heavy atom. The largest absolute Gasteiger partial charge is 0.381 e. The molecule has 3 saturated heterocycles. The smallest absolute Gasteiger partial charge is 0.259 e. The third kappa shape index (κ3) is 8.88. The Kier molecular flexibility index (Phi) is 13.7. The topological polar surface area (TPSA) is 124 Å². The Balaban J connectivity index is 1.10. The molecule has 1 aromatic heterocycles. The third-order valence-corrected chi connectivity index (χ3v) is 14.1. The van der Waals surface area contributed by atoms with Crippen LogP contribution in [0.4, 0.5) is 20.4 Å². The Morgan fingerprint density at radius 1 is 0.741 bits per heavy atom. The van der Waals surface area contributed by atoms with Crippen LogP contribution in [0.25, 0.3) is 0 Å². The molecular formula is C41H69F2N9O2. The minimum absolute atomic E-state index is 0.0708. The van der Waals surface area contributed by atoms with E-state index in [1.807, 2.05) is 11.9 Å². The van der Waals surface area contributed by atoms with Crippen LogP contribution in [0.1, 0.15) is 138 Å². The van der Waals surface area contributed by atoms with Gasteiger partial charge in [0.1, 0.15) is 23.7 Å². The fourth-order valence-electron chi connectivity index (χ4n) is 11.1. The summed E-state index contributed by atoms with van der Waals surface area (Å²) >= 11 is 0. The van der Waals surface area contributed by atoms with Crippen molar-refractivity contribution < 1.29 is 18.4 Å². The number of anilines is 2. The molecule has 11 nitrogen and oxygen atoms in total. The number of likely N-dealkylation sites (tertiary alicyclic amines) is 1. The van der Waals surface area contributed by atoms with Crippen LogP contribution in [0.3, 0.4) is 0 Å². The number of aromatic nitrogens is 2. The molecule has 5 fully saturated rings. The molecule has 6 unspecified atom stereocenters. The van der Waals surface area contributed by atoms with Gasteiger partial charge in [-0.2, -0.15) is 5.10 Å². The molecule has 5 heterocycles. The number of nitrogens with one attached hydrogen (secondary N) is 3. The number of carbonyl (C=O) groups is 2. The van der Waals surface area contributed by atoms with Crippen molar-refractivity contribution in [3.63, 3.8) is 0 Å². The molecule has 1 aromatic rings. The number of rotatable bonds is 6. The number of nitrogens with zero attached hydrogens (tertiary/aromatic N) is 5. The molecule has 2 aliphatic carbocycles. The third-order valence-electron chi connectivity index (χ3n) is 14.1. The van der Waals surface area contributed by atoms with Crippen molar-refractivity contribution in [2.75, 3.05) is 63.9 Å². The minimum Gasteiger partial charge on any atom is -0.381 e. The number of piperidine rings is 1. The van der Waals surface area contributed by atoms with Gasteiger partial charge in [-0.05, 0) is 64.0 Å². The monoisotopic (exact) mass is 758 g/mol. The number of hydrogen-bond donors (Lipinski definition) is 4. The summed E-state index contributed by atoms with van der Waals surface area (Å²) in [4.78, 5) is 34.2. The number of nitrogens with two attached hydrogens (primary N) is 1. The van der Waals surface area contributed by atoms with Crippen molar-refractivity contribution in [3.8, 4) is 0 Å². The summed E-state index contributed by atoms with van der Waals surface area (Å²) in [6.45, 7) is 3.71. The highest BCUT2D eigenvalue weighted by atomic mass is 19.1. The molecular weight excluding hydrogens is 689 g/mol. The van der Waals surface area contributed by atoms with Crippen LogP contribution < -0.4 is 21.7 Å². The van der Waals surface area contributed by atoms with E-state index in [9.17, 15) is 9.59 Å². The average molecular weight is 758 g/mol. The van der Waals surface area contributed by atoms with Gasteiger partial charge in [-0.15, -0.1) is 0 Å². The highest BCUT2D eigenvalue weighted by Gasteiger charge is 2.48. The molecule has 7 rings (SSSR count). The molecule has 54 heavy (non-hydrogen) atoms. The van der Waals surface area contributed by atoms with Crippen LogP contribution in [-0.2, 0) is 4.79 Å². The number of amides is 2. The predicted octanol–water partition coefficient (Wildman–Crippen LogP) is 5.68. The van der Waals surface area contributed by atoms with Gasteiger partial charge in [0, 0.05) is 45.3 Å². The van der Waals surface area contributed by atoms with Gasteiger partial charge in [0.05, 0.1) is 24.2 Å². The molecule has 0 bridgehead atoms. The number of nitrogen functional groups attached to an aromatic ring is 1.